The molecule has 21 heavy (non-hydrogen) atoms. The van der Waals surface area contributed by atoms with Crippen molar-refractivity contribution < 1.29 is 4.74 Å². The average molecular weight is 311 g/mol. The Morgan fingerprint density at radius 2 is 2.14 bits per heavy atom. The summed E-state index contributed by atoms with van der Waals surface area (Å²) >= 11 is 6.21. The second kappa shape index (κ2) is 5.38. The van der Waals surface area contributed by atoms with Crippen molar-refractivity contribution in [3.63, 3.8) is 0 Å². The van der Waals surface area contributed by atoms with Gasteiger partial charge in [-0.3, -0.25) is 4.90 Å². The van der Waals surface area contributed by atoms with Gasteiger partial charge in [0.05, 0.1) is 30.5 Å². The topological polar surface area (TPSA) is 41.5 Å². The molecule has 0 amide bonds. The number of fused-ring (bicyclic) bond motifs is 1. The molecule has 3 rings (SSSR count). The van der Waals surface area contributed by atoms with Crippen molar-refractivity contribution in [2.24, 2.45) is 0 Å². The molecule has 3 heterocycles. The zero-order chi connectivity index (χ0) is 15.2. The maximum absolute atomic E-state index is 6.21. The van der Waals surface area contributed by atoms with E-state index in [9.17, 15) is 0 Å². The molecule has 1 fully saturated rings. The highest BCUT2D eigenvalue weighted by atomic mass is 35.5. The molecule has 0 spiro atoms. The number of halogens is 1. The molecule has 6 heteroatoms. The van der Waals surface area contributed by atoms with Crippen LogP contribution >= 0.6 is 11.6 Å². The maximum Gasteiger partial charge on any atom is 0.224 e. The van der Waals surface area contributed by atoms with Gasteiger partial charge in [-0.2, -0.15) is 0 Å². The third-order valence-electron chi connectivity index (χ3n) is 4.70. The van der Waals surface area contributed by atoms with Gasteiger partial charge in [-0.15, -0.1) is 0 Å². The second-order valence-electron chi connectivity index (χ2n) is 6.33. The van der Waals surface area contributed by atoms with Crippen molar-refractivity contribution in [3.8, 4) is 0 Å². The van der Waals surface area contributed by atoms with Crippen molar-refractivity contribution in [1.82, 2.24) is 14.9 Å². The lowest BCUT2D eigenvalue weighted by Crippen LogP contribution is -2.44. The molecule has 1 aromatic rings. The van der Waals surface area contributed by atoms with Gasteiger partial charge in [0.15, 0.2) is 0 Å². The molecule has 2 aliphatic heterocycles. The monoisotopic (exact) mass is 310 g/mol. The summed E-state index contributed by atoms with van der Waals surface area (Å²) in [6, 6.07) is 0.313. The Morgan fingerprint density at radius 1 is 1.38 bits per heavy atom. The molecule has 0 N–H and O–H groups in total. The summed E-state index contributed by atoms with van der Waals surface area (Å²) in [5.74, 6) is 0.991. The molecule has 1 atom stereocenters. The Hall–Kier alpha value is -0.910. The predicted octanol–water partition coefficient (Wildman–Crippen LogP) is 2.43. The van der Waals surface area contributed by atoms with E-state index in [0.717, 1.165) is 44.4 Å². The Bertz CT molecular complexity index is 549. The Balaban J connectivity index is 2.08. The minimum absolute atomic E-state index is 0.0963. The minimum atomic E-state index is -0.0963. The normalized spacial score (nSPS) is 25.2. The van der Waals surface area contributed by atoms with E-state index in [1.54, 1.807) is 0 Å². The highest BCUT2D eigenvalue weighted by Crippen LogP contribution is 2.41. The number of ether oxygens (including phenoxy) is 1. The minimum Gasteiger partial charge on any atom is -0.377 e. The van der Waals surface area contributed by atoms with Crippen LogP contribution in [0.4, 0.5) is 5.82 Å². The van der Waals surface area contributed by atoms with Crippen molar-refractivity contribution in [2.45, 2.75) is 45.8 Å². The van der Waals surface area contributed by atoms with E-state index in [4.69, 9.17) is 16.3 Å². The van der Waals surface area contributed by atoms with Gasteiger partial charge in [-0.05, 0) is 38.9 Å². The summed E-state index contributed by atoms with van der Waals surface area (Å²) in [5, 5.41) is 0.341. The molecule has 0 aromatic carbocycles. The van der Waals surface area contributed by atoms with Crippen molar-refractivity contribution in [3.05, 3.63) is 16.5 Å². The summed E-state index contributed by atoms with van der Waals surface area (Å²) in [5.41, 5.74) is 2.19. The lowest BCUT2D eigenvalue weighted by molar-refractivity contribution is 0.0983. The number of hydrogen-bond donors (Lipinski definition) is 0. The Kier molecular flexibility index (Phi) is 3.84. The highest BCUT2D eigenvalue weighted by Gasteiger charge is 2.41. The predicted molar refractivity (Wildman–Crippen MR) is 83.8 cm³/mol. The van der Waals surface area contributed by atoms with Crippen LogP contribution in [0, 0.1) is 0 Å². The van der Waals surface area contributed by atoms with Gasteiger partial charge in [0.2, 0.25) is 5.28 Å². The third-order valence-corrected chi connectivity index (χ3v) is 4.87. The summed E-state index contributed by atoms with van der Waals surface area (Å²) < 4.78 is 5.54. The van der Waals surface area contributed by atoms with Gasteiger partial charge >= 0.3 is 0 Å². The average Bonchev–Trinajstić information content (AvgIpc) is 2.70. The lowest BCUT2D eigenvalue weighted by atomic mass is 9.99. The number of morpholine rings is 1. The van der Waals surface area contributed by atoms with Crippen LogP contribution in [-0.2, 0) is 16.8 Å². The van der Waals surface area contributed by atoms with Crippen LogP contribution in [0.2, 0.25) is 5.28 Å². The van der Waals surface area contributed by atoms with Gasteiger partial charge in [-0.1, -0.05) is 6.92 Å². The number of hydrogen-bond acceptors (Lipinski definition) is 5. The first-order chi connectivity index (χ1) is 9.95. The first kappa shape index (κ1) is 15.0. The molecular formula is C15H23ClN4O. The first-order valence-electron chi connectivity index (χ1n) is 7.61. The van der Waals surface area contributed by atoms with Crippen LogP contribution in [0.1, 0.15) is 39.0 Å². The third kappa shape index (κ3) is 2.41. The van der Waals surface area contributed by atoms with Gasteiger partial charge in [0, 0.05) is 18.7 Å². The van der Waals surface area contributed by atoms with Crippen LogP contribution in [0.5, 0.6) is 0 Å². The van der Waals surface area contributed by atoms with Crippen molar-refractivity contribution in [1.29, 1.82) is 0 Å². The van der Waals surface area contributed by atoms with E-state index in [1.165, 1.54) is 5.56 Å². The molecule has 116 valence electrons. The molecule has 2 aliphatic rings. The summed E-state index contributed by atoms with van der Waals surface area (Å²) in [7, 11) is 0. The Morgan fingerprint density at radius 3 is 2.81 bits per heavy atom. The van der Waals surface area contributed by atoms with Crippen LogP contribution in [-0.4, -0.2) is 47.2 Å². The summed E-state index contributed by atoms with van der Waals surface area (Å²) in [4.78, 5) is 13.8. The van der Waals surface area contributed by atoms with E-state index < -0.39 is 0 Å². The smallest absolute Gasteiger partial charge is 0.224 e. The van der Waals surface area contributed by atoms with Crippen LogP contribution in [0.25, 0.3) is 0 Å². The van der Waals surface area contributed by atoms with Gasteiger partial charge in [-0.25, -0.2) is 9.97 Å². The quantitative estimate of drug-likeness (QED) is 0.785. The highest BCUT2D eigenvalue weighted by molar-refractivity contribution is 6.28. The van der Waals surface area contributed by atoms with E-state index in [-0.39, 0.29) is 5.54 Å². The van der Waals surface area contributed by atoms with E-state index >= 15 is 0 Å². The number of anilines is 1. The van der Waals surface area contributed by atoms with Crippen LogP contribution in [0.3, 0.4) is 0 Å². The maximum atomic E-state index is 6.21. The SMILES string of the molecule is CCN1Cc2c(N3CCOC[C@@H]3C)nc(Cl)nc2C1(C)C. The van der Waals surface area contributed by atoms with Gasteiger partial charge < -0.3 is 9.64 Å². The molecule has 0 bridgehead atoms. The van der Waals surface area contributed by atoms with Crippen LogP contribution in [0.15, 0.2) is 0 Å². The molecule has 0 radical (unpaired) electrons. The second-order valence-corrected chi connectivity index (χ2v) is 6.67. The first-order valence-corrected chi connectivity index (χ1v) is 7.99. The largest absolute Gasteiger partial charge is 0.377 e. The number of nitrogens with zero attached hydrogens (tertiary/aromatic N) is 4. The number of aromatic nitrogens is 2. The molecule has 1 aromatic heterocycles. The van der Waals surface area contributed by atoms with Crippen molar-refractivity contribution in [2.75, 3.05) is 31.2 Å². The fourth-order valence-corrected chi connectivity index (χ4v) is 3.59. The van der Waals surface area contributed by atoms with E-state index in [1.807, 2.05) is 0 Å². The molecule has 0 unspecified atom stereocenters. The standard InChI is InChI=1S/C15H23ClN4O/c1-5-19-8-11-12(15(19,3)4)17-14(16)18-13(11)20-6-7-21-9-10(20)2/h10H,5-9H2,1-4H3/t10-/m0/s1. The van der Waals surface area contributed by atoms with Crippen molar-refractivity contribution >= 4 is 17.4 Å². The molecule has 0 aliphatic carbocycles. The fraction of sp³-hybridized carbons (Fsp3) is 0.733. The Labute approximate surface area is 131 Å². The van der Waals surface area contributed by atoms with E-state index in [0.29, 0.717) is 11.3 Å². The van der Waals surface area contributed by atoms with Gasteiger partial charge in [0.1, 0.15) is 5.82 Å². The number of rotatable bonds is 2. The van der Waals surface area contributed by atoms with Crippen LogP contribution < -0.4 is 4.90 Å². The fourth-order valence-electron chi connectivity index (χ4n) is 3.42. The molecular weight excluding hydrogens is 288 g/mol. The molecule has 0 saturated carbocycles. The zero-order valence-electron chi connectivity index (χ0n) is 13.2. The summed E-state index contributed by atoms with van der Waals surface area (Å²) in [6.45, 7) is 13.0. The zero-order valence-corrected chi connectivity index (χ0v) is 13.9. The molecule has 5 nitrogen and oxygen atoms in total. The van der Waals surface area contributed by atoms with E-state index in [2.05, 4.69) is 47.5 Å². The van der Waals surface area contributed by atoms with Gasteiger partial charge in [0.25, 0.3) is 0 Å². The summed E-state index contributed by atoms with van der Waals surface area (Å²) in [6.07, 6.45) is 0. The molecule has 1 saturated heterocycles. The lowest BCUT2D eigenvalue weighted by Gasteiger charge is -2.35.